The molecule has 0 amide bonds. The van der Waals surface area contributed by atoms with Gasteiger partial charge in [-0.1, -0.05) is 64.5 Å². The summed E-state index contributed by atoms with van der Waals surface area (Å²) in [6.07, 6.45) is -0.0902. The first-order chi connectivity index (χ1) is 9.18. The van der Waals surface area contributed by atoms with Crippen LogP contribution < -0.4 is 0 Å². The summed E-state index contributed by atoms with van der Waals surface area (Å²) in [6.45, 7) is 2.03. The van der Waals surface area contributed by atoms with E-state index in [0.29, 0.717) is 5.56 Å². The number of Topliss-reactive ketones (excluding diaryl/α,β-unsaturated/α-hetero) is 1. The molecule has 2 nitrogen and oxygen atoms in total. The molecule has 3 heteroatoms. The second-order valence-corrected chi connectivity index (χ2v) is 5.12. The zero-order valence-corrected chi connectivity index (χ0v) is 12.3. The Kier molecular flexibility index (Phi) is 4.88. The molecule has 0 N–H and O–H groups in total. The van der Waals surface area contributed by atoms with Gasteiger partial charge in [0.1, 0.15) is 6.61 Å². The first kappa shape index (κ1) is 14.0. The third kappa shape index (κ3) is 3.75. The highest BCUT2D eigenvalue weighted by Crippen LogP contribution is 2.19. The van der Waals surface area contributed by atoms with E-state index >= 15 is 0 Å². The van der Waals surface area contributed by atoms with Crippen LogP contribution in [0.2, 0.25) is 0 Å². The Morgan fingerprint density at radius 3 is 2.42 bits per heavy atom. The summed E-state index contributed by atoms with van der Waals surface area (Å²) in [5.74, 6) is -0.0183. The summed E-state index contributed by atoms with van der Waals surface area (Å²) in [4.78, 5) is 12.0. The number of ketones is 1. The van der Waals surface area contributed by atoms with Crippen LogP contribution in [0.1, 0.15) is 28.9 Å². The third-order valence-corrected chi connectivity index (χ3v) is 3.60. The molecule has 0 saturated carbocycles. The maximum atomic E-state index is 12.0. The SMILES string of the molecule is CC(OCC(=O)c1ccccc1Br)c1ccccc1. The zero-order valence-electron chi connectivity index (χ0n) is 10.7. The van der Waals surface area contributed by atoms with Gasteiger partial charge in [0.05, 0.1) is 6.10 Å². The third-order valence-electron chi connectivity index (χ3n) is 2.91. The molecular weight excluding hydrogens is 304 g/mol. The first-order valence-electron chi connectivity index (χ1n) is 6.13. The standard InChI is InChI=1S/C16H15BrO2/c1-12(13-7-3-2-4-8-13)19-11-16(18)14-9-5-6-10-15(14)17/h2-10,12H,11H2,1H3. The van der Waals surface area contributed by atoms with E-state index < -0.39 is 0 Å². The lowest BCUT2D eigenvalue weighted by molar-refractivity contribution is 0.0520. The minimum absolute atomic E-state index is 0.0183. The Balaban J connectivity index is 1.96. The summed E-state index contributed by atoms with van der Waals surface area (Å²) in [7, 11) is 0. The lowest BCUT2D eigenvalue weighted by Crippen LogP contribution is -2.12. The highest BCUT2D eigenvalue weighted by atomic mass is 79.9. The highest BCUT2D eigenvalue weighted by Gasteiger charge is 2.12. The Morgan fingerprint density at radius 2 is 1.74 bits per heavy atom. The quantitative estimate of drug-likeness (QED) is 0.763. The van der Waals surface area contributed by atoms with E-state index in [2.05, 4.69) is 15.9 Å². The van der Waals surface area contributed by atoms with Crippen LogP contribution in [0.5, 0.6) is 0 Å². The predicted molar refractivity (Wildman–Crippen MR) is 79.3 cm³/mol. The van der Waals surface area contributed by atoms with Gasteiger partial charge in [-0.05, 0) is 18.6 Å². The van der Waals surface area contributed by atoms with Gasteiger partial charge in [-0.25, -0.2) is 0 Å². The molecule has 0 spiro atoms. The minimum Gasteiger partial charge on any atom is -0.366 e. The number of benzene rings is 2. The van der Waals surface area contributed by atoms with E-state index in [9.17, 15) is 4.79 Å². The first-order valence-corrected chi connectivity index (χ1v) is 6.92. The van der Waals surface area contributed by atoms with Gasteiger partial charge in [-0.2, -0.15) is 0 Å². The topological polar surface area (TPSA) is 26.3 Å². The van der Waals surface area contributed by atoms with Crippen molar-refractivity contribution in [1.82, 2.24) is 0 Å². The second kappa shape index (κ2) is 6.64. The molecule has 2 aromatic carbocycles. The Bertz CT molecular complexity index is 552. The molecule has 0 aliphatic carbocycles. The number of rotatable bonds is 5. The van der Waals surface area contributed by atoms with Crippen LogP contribution in [0.15, 0.2) is 59.1 Å². The average Bonchev–Trinajstić information content (AvgIpc) is 2.46. The molecule has 2 aromatic rings. The number of carbonyl (C=O) groups is 1. The molecule has 19 heavy (non-hydrogen) atoms. The Labute approximate surface area is 121 Å². The van der Waals surface area contributed by atoms with E-state index in [-0.39, 0.29) is 18.5 Å². The van der Waals surface area contributed by atoms with Crippen LogP contribution in [0.3, 0.4) is 0 Å². The molecule has 98 valence electrons. The van der Waals surface area contributed by atoms with Crippen LogP contribution in [0.4, 0.5) is 0 Å². The fraction of sp³-hybridized carbons (Fsp3) is 0.188. The van der Waals surface area contributed by atoms with Crippen molar-refractivity contribution < 1.29 is 9.53 Å². The van der Waals surface area contributed by atoms with Crippen molar-refractivity contribution in [3.8, 4) is 0 Å². The molecule has 0 heterocycles. The largest absolute Gasteiger partial charge is 0.366 e. The van der Waals surface area contributed by atoms with E-state index in [1.807, 2.05) is 55.5 Å². The van der Waals surface area contributed by atoms with Crippen molar-refractivity contribution in [2.45, 2.75) is 13.0 Å². The van der Waals surface area contributed by atoms with Crippen molar-refractivity contribution in [3.63, 3.8) is 0 Å². The van der Waals surface area contributed by atoms with Crippen LogP contribution in [0.25, 0.3) is 0 Å². The van der Waals surface area contributed by atoms with Gasteiger partial charge in [0.15, 0.2) is 5.78 Å². The van der Waals surface area contributed by atoms with Crippen LogP contribution in [-0.4, -0.2) is 12.4 Å². The van der Waals surface area contributed by atoms with Crippen molar-refractivity contribution in [3.05, 3.63) is 70.2 Å². The molecule has 0 bridgehead atoms. The number of carbonyl (C=O) groups excluding carboxylic acids is 1. The molecular formula is C16H15BrO2. The number of hydrogen-bond acceptors (Lipinski definition) is 2. The Hall–Kier alpha value is -1.45. The normalized spacial score (nSPS) is 12.1. The monoisotopic (exact) mass is 318 g/mol. The summed E-state index contributed by atoms with van der Waals surface area (Å²) >= 11 is 3.37. The maximum Gasteiger partial charge on any atom is 0.189 e. The number of halogens is 1. The van der Waals surface area contributed by atoms with Crippen LogP contribution in [-0.2, 0) is 4.74 Å². The fourth-order valence-electron chi connectivity index (χ4n) is 1.79. The summed E-state index contributed by atoms with van der Waals surface area (Å²) in [5.41, 5.74) is 1.73. The molecule has 1 atom stereocenters. The van der Waals surface area contributed by atoms with Crippen LogP contribution >= 0.6 is 15.9 Å². The van der Waals surface area contributed by atoms with Gasteiger partial charge in [0, 0.05) is 10.0 Å². The fourth-order valence-corrected chi connectivity index (χ4v) is 2.29. The zero-order chi connectivity index (χ0) is 13.7. The van der Waals surface area contributed by atoms with Gasteiger partial charge in [0.2, 0.25) is 0 Å². The molecule has 0 aromatic heterocycles. The molecule has 2 rings (SSSR count). The van der Waals surface area contributed by atoms with Gasteiger partial charge >= 0.3 is 0 Å². The molecule has 0 aliphatic rings. The molecule has 0 radical (unpaired) electrons. The summed E-state index contributed by atoms with van der Waals surface area (Å²) < 4.78 is 6.43. The maximum absolute atomic E-state index is 12.0. The number of hydrogen-bond donors (Lipinski definition) is 0. The van der Waals surface area contributed by atoms with Gasteiger partial charge in [-0.3, -0.25) is 4.79 Å². The molecule has 0 saturated heterocycles. The minimum atomic E-state index is -0.0902. The van der Waals surface area contributed by atoms with E-state index in [0.717, 1.165) is 10.0 Å². The average molecular weight is 319 g/mol. The van der Waals surface area contributed by atoms with E-state index in [1.54, 1.807) is 6.07 Å². The predicted octanol–water partition coefficient (Wildman–Crippen LogP) is 4.41. The van der Waals surface area contributed by atoms with E-state index in [1.165, 1.54) is 0 Å². The molecule has 0 aliphatic heterocycles. The lowest BCUT2D eigenvalue weighted by atomic mass is 10.1. The van der Waals surface area contributed by atoms with Crippen molar-refractivity contribution >= 4 is 21.7 Å². The van der Waals surface area contributed by atoms with Crippen LogP contribution in [0, 0.1) is 0 Å². The van der Waals surface area contributed by atoms with E-state index in [4.69, 9.17) is 4.74 Å². The smallest absolute Gasteiger partial charge is 0.189 e. The van der Waals surface area contributed by atoms with Gasteiger partial charge in [0.25, 0.3) is 0 Å². The second-order valence-electron chi connectivity index (χ2n) is 4.27. The molecule has 0 fully saturated rings. The summed E-state index contributed by atoms with van der Waals surface area (Å²) in [6, 6.07) is 17.3. The summed E-state index contributed by atoms with van der Waals surface area (Å²) in [5, 5.41) is 0. The van der Waals surface area contributed by atoms with Gasteiger partial charge < -0.3 is 4.74 Å². The van der Waals surface area contributed by atoms with Gasteiger partial charge in [-0.15, -0.1) is 0 Å². The van der Waals surface area contributed by atoms with Crippen molar-refractivity contribution in [2.75, 3.05) is 6.61 Å². The van der Waals surface area contributed by atoms with Crippen molar-refractivity contribution in [2.24, 2.45) is 0 Å². The van der Waals surface area contributed by atoms with Crippen molar-refractivity contribution in [1.29, 1.82) is 0 Å². The lowest BCUT2D eigenvalue weighted by Gasteiger charge is -2.13. The molecule has 1 unspecified atom stereocenters. The Morgan fingerprint density at radius 1 is 1.11 bits per heavy atom. The number of ether oxygens (including phenoxy) is 1. The highest BCUT2D eigenvalue weighted by molar-refractivity contribution is 9.10.